The number of methoxy groups -OCH3 is 1. The molecule has 2 fully saturated rings. The van der Waals surface area contributed by atoms with Crippen LogP contribution in [0.2, 0.25) is 0 Å². The molecule has 2 unspecified atom stereocenters. The van der Waals surface area contributed by atoms with E-state index < -0.39 is 0 Å². The second-order valence-electron chi connectivity index (χ2n) is 5.68. The van der Waals surface area contributed by atoms with Crippen LogP contribution in [0.1, 0.15) is 32.1 Å². The largest absolute Gasteiger partial charge is 0.384 e. The summed E-state index contributed by atoms with van der Waals surface area (Å²) in [5.41, 5.74) is 0. The molecule has 4 heteroatoms. The molecule has 1 N–H and O–H groups in total. The zero-order chi connectivity index (χ0) is 12.8. The molecule has 0 aromatic carbocycles. The molecule has 1 aliphatic carbocycles. The smallest absolute Gasteiger partial charge is 0.0967 e. The number of hydrogen-bond acceptors (Lipinski definition) is 4. The van der Waals surface area contributed by atoms with Gasteiger partial charge in [-0.2, -0.15) is 5.26 Å². The molecule has 102 valence electrons. The summed E-state index contributed by atoms with van der Waals surface area (Å²) >= 11 is 0. The zero-order valence-electron chi connectivity index (χ0n) is 11.4. The van der Waals surface area contributed by atoms with Crippen molar-refractivity contribution in [3.8, 4) is 6.07 Å². The summed E-state index contributed by atoms with van der Waals surface area (Å²) in [6.45, 7) is 4.23. The van der Waals surface area contributed by atoms with Gasteiger partial charge in [-0.15, -0.1) is 0 Å². The van der Waals surface area contributed by atoms with Gasteiger partial charge in [0.05, 0.1) is 18.7 Å². The molecule has 0 aromatic heterocycles. The molecule has 0 bridgehead atoms. The van der Waals surface area contributed by atoms with Crippen molar-refractivity contribution in [2.24, 2.45) is 5.92 Å². The first kappa shape index (κ1) is 13.8. The molecular formula is C14H25N3O. The highest BCUT2D eigenvalue weighted by Crippen LogP contribution is 2.20. The minimum absolute atomic E-state index is 0.0419. The summed E-state index contributed by atoms with van der Waals surface area (Å²) in [6.07, 6.45) is 6.00. The Morgan fingerprint density at radius 1 is 1.44 bits per heavy atom. The van der Waals surface area contributed by atoms with Gasteiger partial charge < -0.3 is 9.64 Å². The first-order chi connectivity index (χ1) is 8.81. The van der Waals surface area contributed by atoms with Crippen LogP contribution in [-0.2, 0) is 4.74 Å². The Hall–Kier alpha value is -0.630. The lowest BCUT2D eigenvalue weighted by molar-refractivity contribution is 0.0894. The highest BCUT2D eigenvalue weighted by Gasteiger charge is 2.25. The summed E-state index contributed by atoms with van der Waals surface area (Å²) in [5.74, 6) is 0.681. The van der Waals surface area contributed by atoms with Crippen molar-refractivity contribution in [3.63, 3.8) is 0 Å². The fourth-order valence-electron chi connectivity index (χ4n) is 2.76. The van der Waals surface area contributed by atoms with E-state index in [0.29, 0.717) is 12.0 Å². The van der Waals surface area contributed by atoms with Crippen molar-refractivity contribution in [2.75, 3.05) is 33.4 Å². The molecular weight excluding hydrogens is 226 g/mol. The predicted molar refractivity (Wildman–Crippen MR) is 71.2 cm³/mol. The first-order valence-electron chi connectivity index (χ1n) is 7.18. The molecule has 1 heterocycles. The van der Waals surface area contributed by atoms with Crippen LogP contribution in [0.5, 0.6) is 0 Å². The minimum Gasteiger partial charge on any atom is -0.384 e. The Balaban J connectivity index is 1.66. The fourth-order valence-corrected chi connectivity index (χ4v) is 2.76. The lowest BCUT2D eigenvalue weighted by Gasteiger charge is -2.32. The highest BCUT2D eigenvalue weighted by molar-refractivity contribution is 4.96. The lowest BCUT2D eigenvalue weighted by atomic mass is 9.98. The first-order valence-corrected chi connectivity index (χ1v) is 7.18. The van der Waals surface area contributed by atoms with Gasteiger partial charge in [0.15, 0.2) is 0 Å². The number of likely N-dealkylation sites (tertiary alicyclic amines) is 1. The Labute approximate surface area is 110 Å². The van der Waals surface area contributed by atoms with Crippen LogP contribution >= 0.6 is 0 Å². The summed E-state index contributed by atoms with van der Waals surface area (Å²) in [7, 11) is 1.78. The molecule has 0 spiro atoms. The molecule has 2 atom stereocenters. The maximum Gasteiger partial charge on any atom is 0.0967 e. The van der Waals surface area contributed by atoms with Crippen molar-refractivity contribution >= 4 is 0 Å². The van der Waals surface area contributed by atoms with Crippen LogP contribution < -0.4 is 5.32 Å². The van der Waals surface area contributed by atoms with Crippen molar-refractivity contribution in [3.05, 3.63) is 0 Å². The third-order valence-electron chi connectivity index (χ3n) is 3.91. The Morgan fingerprint density at radius 3 is 2.94 bits per heavy atom. The average Bonchev–Trinajstić information content (AvgIpc) is 3.19. The molecule has 0 radical (unpaired) electrons. The second-order valence-corrected chi connectivity index (χ2v) is 5.68. The maximum absolute atomic E-state index is 9.12. The fraction of sp³-hybridized carbons (Fsp3) is 0.929. The van der Waals surface area contributed by atoms with Crippen molar-refractivity contribution in [2.45, 2.75) is 44.2 Å². The van der Waals surface area contributed by atoms with E-state index in [0.717, 1.165) is 26.1 Å². The van der Waals surface area contributed by atoms with Gasteiger partial charge in [-0.05, 0) is 44.6 Å². The molecule has 1 saturated heterocycles. The van der Waals surface area contributed by atoms with Gasteiger partial charge in [0.1, 0.15) is 0 Å². The van der Waals surface area contributed by atoms with Crippen molar-refractivity contribution < 1.29 is 4.74 Å². The lowest BCUT2D eigenvalue weighted by Crippen LogP contribution is -2.40. The van der Waals surface area contributed by atoms with Gasteiger partial charge in [-0.25, -0.2) is 0 Å². The van der Waals surface area contributed by atoms with E-state index in [1.807, 2.05) is 0 Å². The molecule has 2 aliphatic rings. The topological polar surface area (TPSA) is 48.3 Å². The number of nitrogens with one attached hydrogen (secondary N) is 1. The van der Waals surface area contributed by atoms with E-state index in [1.165, 1.54) is 32.2 Å². The van der Waals surface area contributed by atoms with Gasteiger partial charge in [-0.3, -0.25) is 5.32 Å². The number of nitriles is 1. The third kappa shape index (κ3) is 4.56. The van der Waals surface area contributed by atoms with Crippen LogP contribution in [0.3, 0.4) is 0 Å². The van der Waals surface area contributed by atoms with Crippen molar-refractivity contribution in [1.82, 2.24) is 10.2 Å². The number of hydrogen-bond donors (Lipinski definition) is 1. The molecule has 4 nitrogen and oxygen atoms in total. The van der Waals surface area contributed by atoms with Crippen LogP contribution in [0.25, 0.3) is 0 Å². The molecule has 0 amide bonds. The normalized spacial score (nSPS) is 26.8. The molecule has 18 heavy (non-hydrogen) atoms. The number of nitrogens with zero attached hydrogens (tertiary/aromatic N) is 2. The average molecular weight is 251 g/mol. The maximum atomic E-state index is 9.12. The summed E-state index contributed by atoms with van der Waals surface area (Å²) in [4.78, 5) is 2.49. The van der Waals surface area contributed by atoms with Crippen LogP contribution in [0.4, 0.5) is 0 Å². The summed E-state index contributed by atoms with van der Waals surface area (Å²) < 4.78 is 5.25. The number of rotatable bonds is 7. The quantitative estimate of drug-likeness (QED) is 0.742. The van der Waals surface area contributed by atoms with Crippen LogP contribution in [0, 0.1) is 17.2 Å². The molecule has 2 rings (SSSR count). The third-order valence-corrected chi connectivity index (χ3v) is 3.91. The summed E-state index contributed by atoms with van der Waals surface area (Å²) in [5, 5.41) is 12.5. The standard InChI is InChI=1S/C14H25N3O/c1-18-11-12-3-2-7-17(10-12)8-6-14(9-15)16-13-4-5-13/h12-14,16H,2-8,10-11H2,1H3. The van der Waals surface area contributed by atoms with Gasteiger partial charge in [0.2, 0.25) is 0 Å². The van der Waals surface area contributed by atoms with Crippen molar-refractivity contribution in [1.29, 1.82) is 5.26 Å². The van der Waals surface area contributed by atoms with E-state index in [-0.39, 0.29) is 6.04 Å². The summed E-state index contributed by atoms with van der Waals surface area (Å²) in [6, 6.07) is 3.05. The van der Waals surface area contributed by atoms with Gasteiger partial charge in [-0.1, -0.05) is 0 Å². The van der Waals surface area contributed by atoms with E-state index in [9.17, 15) is 0 Å². The predicted octanol–water partition coefficient (Wildman–Crippen LogP) is 1.38. The number of ether oxygens (including phenoxy) is 1. The Morgan fingerprint density at radius 2 is 2.28 bits per heavy atom. The Bertz CT molecular complexity index is 283. The van der Waals surface area contributed by atoms with Gasteiger partial charge >= 0.3 is 0 Å². The van der Waals surface area contributed by atoms with E-state index >= 15 is 0 Å². The minimum atomic E-state index is 0.0419. The van der Waals surface area contributed by atoms with E-state index in [1.54, 1.807) is 7.11 Å². The van der Waals surface area contributed by atoms with Crippen LogP contribution in [-0.4, -0.2) is 50.3 Å². The van der Waals surface area contributed by atoms with Gasteiger partial charge in [0.25, 0.3) is 0 Å². The SMILES string of the molecule is COCC1CCCN(CCC(C#N)NC2CC2)C1. The monoisotopic (exact) mass is 251 g/mol. The Kier molecular flexibility index (Phi) is 5.43. The van der Waals surface area contributed by atoms with E-state index in [2.05, 4.69) is 16.3 Å². The highest BCUT2D eigenvalue weighted by atomic mass is 16.5. The second kappa shape index (κ2) is 7.08. The zero-order valence-corrected chi connectivity index (χ0v) is 11.4. The molecule has 1 saturated carbocycles. The number of piperidine rings is 1. The van der Waals surface area contributed by atoms with Crippen LogP contribution in [0.15, 0.2) is 0 Å². The molecule has 0 aromatic rings. The van der Waals surface area contributed by atoms with E-state index in [4.69, 9.17) is 10.00 Å². The van der Waals surface area contributed by atoms with Gasteiger partial charge in [0, 0.05) is 26.2 Å². The molecule has 1 aliphatic heterocycles.